The van der Waals surface area contributed by atoms with Gasteiger partial charge in [0.05, 0.1) is 25.4 Å². The first-order valence-electron chi connectivity index (χ1n) is 25.6. The zero-order valence-corrected chi connectivity index (χ0v) is 41.2. The summed E-state index contributed by atoms with van der Waals surface area (Å²) in [6.45, 7) is 3.11. The van der Waals surface area contributed by atoms with Crippen molar-refractivity contribution in [2.75, 3.05) is 13.2 Å². The number of nitrogens with one attached hydrogen (secondary N) is 1. The van der Waals surface area contributed by atoms with Crippen molar-refractivity contribution in [3.8, 4) is 0 Å². The molecule has 0 spiro atoms. The maximum atomic E-state index is 13.2. The van der Waals surface area contributed by atoms with Gasteiger partial charge in [0.2, 0.25) is 5.91 Å². The van der Waals surface area contributed by atoms with Gasteiger partial charge in [0.1, 0.15) is 30.5 Å². The smallest absolute Gasteiger partial charge is 0.394 e. The van der Waals surface area contributed by atoms with E-state index >= 15 is 0 Å². The van der Waals surface area contributed by atoms with Crippen molar-refractivity contribution >= 4 is 16.3 Å². The molecular formula is C51H93NO12S. The van der Waals surface area contributed by atoms with Crippen LogP contribution in [0.2, 0.25) is 0 Å². The molecule has 1 amide bonds. The molecule has 7 N–H and O–H groups in total. The summed E-state index contributed by atoms with van der Waals surface area (Å²) in [5.41, 5.74) is 0. The molecule has 8 atom stereocenters. The fourth-order valence-corrected chi connectivity index (χ4v) is 8.44. The fourth-order valence-electron chi connectivity index (χ4n) is 7.93. The molecule has 0 saturated carbocycles. The Morgan fingerprint density at radius 2 is 1.12 bits per heavy atom. The standard InChI is InChI=1S/C51H93NO12S/c1-3-5-7-9-11-13-15-17-19-21-22-23-24-26-28-30-32-34-36-38-40-45(55)50(58)52-43(42-62-51-48(57)49(64-65(59,60)61)47(56)46(41-53)63-51)44(54)39-37-35-33-31-29-27-25-20-18-16-14-12-10-8-6-4-2/h5,7,11,13,29,31,37,39,43-49,51,53-57H,3-4,6,8-10,12,14-28,30,32-36,38,40-42H2,1-2H3,(H,52,58)(H,59,60,61)/b7-5-,13-11-,31-29+,39-37+. The number of allylic oxidation sites excluding steroid dienone is 7. The predicted octanol–water partition coefficient (Wildman–Crippen LogP) is 9.80. The van der Waals surface area contributed by atoms with Gasteiger partial charge in [-0.25, -0.2) is 4.18 Å². The van der Waals surface area contributed by atoms with Crippen LogP contribution in [-0.4, -0.2) is 107 Å². The second-order valence-corrected chi connectivity index (χ2v) is 18.9. The molecule has 14 heteroatoms. The van der Waals surface area contributed by atoms with Crippen LogP contribution < -0.4 is 5.32 Å². The molecule has 0 aromatic heterocycles. The van der Waals surface area contributed by atoms with Gasteiger partial charge in [-0.05, 0) is 57.8 Å². The van der Waals surface area contributed by atoms with E-state index in [1.54, 1.807) is 6.08 Å². The Bertz CT molecular complexity index is 1360. The molecule has 1 fully saturated rings. The van der Waals surface area contributed by atoms with E-state index in [4.69, 9.17) is 9.47 Å². The second-order valence-electron chi connectivity index (χ2n) is 17.9. The third-order valence-electron chi connectivity index (χ3n) is 12.0. The van der Waals surface area contributed by atoms with Gasteiger partial charge in [-0.1, -0.05) is 197 Å². The Hall–Kier alpha value is -1.98. The number of hydrogen-bond donors (Lipinski definition) is 7. The van der Waals surface area contributed by atoms with Crippen molar-refractivity contribution in [1.29, 1.82) is 0 Å². The van der Waals surface area contributed by atoms with Crippen molar-refractivity contribution in [2.45, 2.75) is 255 Å². The van der Waals surface area contributed by atoms with Crippen LogP contribution in [0.15, 0.2) is 48.6 Å². The van der Waals surface area contributed by atoms with Crippen LogP contribution in [-0.2, 0) is 28.9 Å². The summed E-state index contributed by atoms with van der Waals surface area (Å²) in [5.74, 6) is -0.713. The van der Waals surface area contributed by atoms with E-state index in [0.717, 1.165) is 51.4 Å². The summed E-state index contributed by atoms with van der Waals surface area (Å²) in [6.07, 6.45) is 39.0. The Kier molecular flexibility index (Phi) is 38.5. The van der Waals surface area contributed by atoms with E-state index in [1.807, 2.05) is 0 Å². The van der Waals surface area contributed by atoms with E-state index in [2.05, 4.69) is 59.8 Å². The van der Waals surface area contributed by atoms with Crippen LogP contribution in [0.1, 0.15) is 206 Å². The first-order chi connectivity index (χ1) is 31.4. The van der Waals surface area contributed by atoms with Crippen LogP contribution in [0.3, 0.4) is 0 Å². The second kappa shape index (κ2) is 41.0. The lowest BCUT2D eigenvalue weighted by molar-refractivity contribution is -0.298. The lowest BCUT2D eigenvalue weighted by Crippen LogP contribution is -2.61. The molecule has 0 aromatic rings. The van der Waals surface area contributed by atoms with Gasteiger partial charge < -0.3 is 40.3 Å². The highest BCUT2D eigenvalue weighted by molar-refractivity contribution is 7.80. The molecular weight excluding hydrogens is 851 g/mol. The lowest BCUT2D eigenvalue weighted by atomic mass is 9.99. The van der Waals surface area contributed by atoms with E-state index < -0.39 is 78.5 Å². The summed E-state index contributed by atoms with van der Waals surface area (Å²) in [6, 6.07) is -1.14. The minimum atomic E-state index is -5.12. The first-order valence-corrected chi connectivity index (χ1v) is 27.0. The van der Waals surface area contributed by atoms with Crippen LogP contribution >= 0.6 is 0 Å². The van der Waals surface area contributed by atoms with Gasteiger partial charge in [-0.2, -0.15) is 8.42 Å². The minimum absolute atomic E-state index is 0.235. The molecule has 0 aromatic carbocycles. The number of amides is 1. The molecule has 1 aliphatic rings. The molecule has 13 nitrogen and oxygen atoms in total. The topological polar surface area (TPSA) is 212 Å². The summed E-state index contributed by atoms with van der Waals surface area (Å²) in [5, 5.41) is 55.3. The SMILES string of the molecule is CC/C=C\C/C=C\CCCCCCCCCCCCCCCC(O)C(=O)NC(COC1OC(CO)C(O)C(OS(=O)(=O)O)C1O)C(O)/C=C/CC/C=C/CCCCCCCCCCCC. The van der Waals surface area contributed by atoms with Gasteiger partial charge in [-0.15, -0.1) is 0 Å². The Labute approximate surface area is 394 Å². The van der Waals surface area contributed by atoms with Crippen molar-refractivity contribution in [3.05, 3.63) is 48.6 Å². The number of unbranched alkanes of at least 4 members (excludes halogenated alkanes) is 24. The van der Waals surface area contributed by atoms with Crippen molar-refractivity contribution in [3.63, 3.8) is 0 Å². The molecule has 380 valence electrons. The van der Waals surface area contributed by atoms with Crippen LogP contribution in [0.5, 0.6) is 0 Å². The number of rotatable bonds is 43. The van der Waals surface area contributed by atoms with Crippen molar-refractivity contribution < 1.29 is 57.0 Å². The van der Waals surface area contributed by atoms with E-state index in [-0.39, 0.29) is 6.42 Å². The molecule has 0 aliphatic carbocycles. The summed E-state index contributed by atoms with van der Waals surface area (Å²) >= 11 is 0. The highest BCUT2D eigenvalue weighted by atomic mass is 32.3. The number of carbonyl (C=O) groups excluding carboxylic acids is 1. The van der Waals surface area contributed by atoms with Gasteiger partial charge in [0.25, 0.3) is 0 Å². The quantitative estimate of drug-likeness (QED) is 0.0173. The number of aliphatic hydroxyl groups is 5. The Morgan fingerprint density at radius 3 is 1.65 bits per heavy atom. The summed E-state index contributed by atoms with van der Waals surface area (Å²) < 4.78 is 47.6. The highest BCUT2D eigenvalue weighted by Gasteiger charge is 2.48. The van der Waals surface area contributed by atoms with Gasteiger partial charge in [-0.3, -0.25) is 9.35 Å². The Balaban J connectivity index is 2.52. The van der Waals surface area contributed by atoms with Crippen LogP contribution in [0, 0.1) is 0 Å². The molecule has 1 rings (SSSR count). The molecule has 0 radical (unpaired) electrons. The maximum absolute atomic E-state index is 13.2. The molecule has 8 unspecified atom stereocenters. The van der Waals surface area contributed by atoms with Gasteiger partial charge >= 0.3 is 10.4 Å². The zero-order chi connectivity index (χ0) is 47.8. The maximum Gasteiger partial charge on any atom is 0.397 e. The van der Waals surface area contributed by atoms with E-state index in [9.17, 15) is 43.3 Å². The molecule has 1 aliphatic heterocycles. The van der Waals surface area contributed by atoms with Crippen LogP contribution in [0.4, 0.5) is 0 Å². The van der Waals surface area contributed by atoms with E-state index in [0.29, 0.717) is 12.8 Å². The normalized spacial score (nSPS) is 21.0. The lowest BCUT2D eigenvalue weighted by Gasteiger charge is -2.41. The number of carbonyl (C=O) groups is 1. The van der Waals surface area contributed by atoms with Crippen molar-refractivity contribution in [2.24, 2.45) is 0 Å². The first kappa shape index (κ1) is 61.0. The molecule has 1 saturated heterocycles. The number of ether oxygens (including phenoxy) is 2. The van der Waals surface area contributed by atoms with E-state index in [1.165, 1.54) is 128 Å². The largest absolute Gasteiger partial charge is 0.397 e. The average Bonchev–Trinajstić information content (AvgIpc) is 3.28. The molecule has 1 heterocycles. The average molecular weight is 944 g/mol. The zero-order valence-electron chi connectivity index (χ0n) is 40.4. The molecule has 65 heavy (non-hydrogen) atoms. The number of hydrogen-bond acceptors (Lipinski definition) is 11. The highest BCUT2D eigenvalue weighted by Crippen LogP contribution is 2.26. The van der Waals surface area contributed by atoms with Crippen LogP contribution in [0.25, 0.3) is 0 Å². The van der Waals surface area contributed by atoms with Crippen molar-refractivity contribution in [1.82, 2.24) is 5.32 Å². The molecule has 0 bridgehead atoms. The third kappa shape index (κ3) is 33.2. The van der Waals surface area contributed by atoms with Gasteiger partial charge in [0, 0.05) is 0 Å². The Morgan fingerprint density at radius 1 is 0.646 bits per heavy atom. The fraction of sp³-hybridized carbons (Fsp3) is 0.824. The third-order valence-corrected chi connectivity index (χ3v) is 12.4. The monoisotopic (exact) mass is 944 g/mol. The van der Waals surface area contributed by atoms with Gasteiger partial charge in [0.15, 0.2) is 6.29 Å². The number of aliphatic hydroxyl groups excluding tert-OH is 5. The predicted molar refractivity (Wildman–Crippen MR) is 260 cm³/mol. The minimum Gasteiger partial charge on any atom is -0.394 e. The summed E-state index contributed by atoms with van der Waals surface area (Å²) in [4.78, 5) is 13.2. The summed E-state index contributed by atoms with van der Waals surface area (Å²) in [7, 11) is -5.12.